The summed E-state index contributed by atoms with van der Waals surface area (Å²) in [5.41, 5.74) is 3.61. The Balaban J connectivity index is 2.45. The van der Waals surface area contributed by atoms with Crippen LogP contribution in [0.2, 0.25) is 0 Å². The van der Waals surface area contributed by atoms with Crippen molar-refractivity contribution in [2.75, 3.05) is 22.5 Å². The molecule has 0 radical (unpaired) electrons. The van der Waals surface area contributed by atoms with E-state index in [1.54, 1.807) is 45.0 Å². The van der Waals surface area contributed by atoms with E-state index in [0.717, 1.165) is 22.9 Å². The Hall–Kier alpha value is -2.87. The second-order valence-electron chi connectivity index (χ2n) is 7.51. The Kier molecular flexibility index (Phi) is 7.84. The van der Waals surface area contributed by atoms with Crippen LogP contribution in [-0.4, -0.2) is 39.2 Å². The highest BCUT2D eigenvalue weighted by Crippen LogP contribution is 2.28. The lowest BCUT2D eigenvalue weighted by atomic mass is 10.1. The first-order valence-electron chi connectivity index (χ1n) is 10.1. The fourth-order valence-electron chi connectivity index (χ4n) is 3.31. The molecule has 0 spiro atoms. The maximum Gasteiger partial charge on any atom is 0.338 e. The van der Waals surface area contributed by atoms with Crippen LogP contribution in [0.5, 0.6) is 0 Å². The number of benzene rings is 2. The average molecular weight is 447 g/mol. The highest BCUT2D eigenvalue weighted by Gasteiger charge is 2.32. The molecule has 168 valence electrons. The summed E-state index contributed by atoms with van der Waals surface area (Å²) < 4.78 is 31.6. The lowest BCUT2D eigenvalue weighted by Crippen LogP contribution is -2.47. The highest BCUT2D eigenvalue weighted by molar-refractivity contribution is 7.92. The SMILES string of the molecule is CCOC(=O)c1ccc(C)c(NC(=O)[C@@H](CC)N(c2cc(C)ccc2C)S(C)(=O)=O)c1. The minimum Gasteiger partial charge on any atom is -0.462 e. The van der Waals surface area contributed by atoms with Crippen LogP contribution in [0.15, 0.2) is 36.4 Å². The Morgan fingerprint density at radius 1 is 1.03 bits per heavy atom. The van der Waals surface area contributed by atoms with Crippen molar-refractivity contribution < 1.29 is 22.7 Å². The molecule has 31 heavy (non-hydrogen) atoms. The van der Waals surface area contributed by atoms with Gasteiger partial charge in [0.25, 0.3) is 0 Å². The minimum atomic E-state index is -3.75. The average Bonchev–Trinajstić information content (AvgIpc) is 2.69. The zero-order valence-corrected chi connectivity index (χ0v) is 19.7. The van der Waals surface area contributed by atoms with Gasteiger partial charge in [0, 0.05) is 5.69 Å². The number of carbonyl (C=O) groups is 2. The van der Waals surface area contributed by atoms with E-state index in [0.29, 0.717) is 16.9 Å². The molecule has 1 N–H and O–H groups in total. The predicted molar refractivity (Wildman–Crippen MR) is 123 cm³/mol. The third-order valence-electron chi connectivity index (χ3n) is 4.94. The van der Waals surface area contributed by atoms with Crippen LogP contribution in [0.25, 0.3) is 0 Å². The van der Waals surface area contributed by atoms with E-state index >= 15 is 0 Å². The highest BCUT2D eigenvalue weighted by atomic mass is 32.2. The van der Waals surface area contributed by atoms with Gasteiger partial charge in [0.05, 0.1) is 24.1 Å². The van der Waals surface area contributed by atoms with Gasteiger partial charge in [0.1, 0.15) is 6.04 Å². The summed E-state index contributed by atoms with van der Waals surface area (Å²) in [7, 11) is -3.75. The molecule has 0 aliphatic heterocycles. The van der Waals surface area contributed by atoms with Crippen LogP contribution in [-0.2, 0) is 19.6 Å². The molecule has 0 bridgehead atoms. The van der Waals surface area contributed by atoms with Crippen molar-refractivity contribution in [2.45, 2.75) is 47.1 Å². The number of nitrogens with zero attached hydrogens (tertiary/aromatic N) is 1. The van der Waals surface area contributed by atoms with Crippen molar-refractivity contribution in [2.24, 2.45) is 0 Å². The van der Waals surface area contributed by atoms with Crippen LogP contribution in [0.3, 0.4) is 0 Å². The Morgan fingerprint density at radius 3 is 2.26 bits per heavy atom. The first-order chi connectivity index (χ1) is 14.5. The third-order valence-corrected chi connectivity index (χ3v) is 6.10. The Bertz CT molecular complexity index is 1080. The van der Waals surface area contributed by atoms with Crippen molar-refractivity contribution in [1.29, 1.82) is 0 Å². The van der Waals surface area contributed by atoms with Crippen molar-refractivity contribution in [1.82, 2.24) is 0 Å². The van der Waals surface area contributed by atoms with Gasteiger partial charge in [-0.25, -0.2) is 13.2 Å². The first-order valence-corrected chi connectivity index (χ1v) is 12.0. The largest absolute Gasteiger partial charge is 0.462 e. The van der Waals surface area contributed by atoms with Crippen LogP contribution < -0.4 is 9.62 Å². The summed E-state index contributed by atoms with van der Waals surface area (Å²) in [6.07, 6.45) is 1.36. The normalized spacial score (nSPS) is 12.2. The van der Waals surface area contributed by atoms with Gasteiger partial charge in [0.15, 0.2) is 0 Å². The standard InChI is InChI=1S/C23H30N2O5S/c1-7-20(25(31(6,28)29)21-13-15(3)9-10-17(21)5)22(26)24-19-14-18(12-11-16(19)4)23(27)30-8-2/h9-14,20H,7-8H2,1-6H3,(H,24,26)/t20-/m1/s1. The van der Waals surface area contributed by atoms with Gasteiger partial charge in [-0.2, -0.15) is 0 Å². The van der Waals surface area contributed by atoms with E-state index in [2.05, 4.69) is 5.32 Å². The molecule has 0 saturated heterocycles. The van der Waals surface area contributed by atoms with Crippen molar-refractivity contribution in [3.05, 3.63) is 58.7 Å². The quantitative estimate of drug-likeness (QED) is 0.620. The number of sulfonamides is 1. The number of carbonyl (C=O) groups excluding carboxylic acids is 2. The molecule has 0 fully saturated rings. The minimum absolute atomic E-state index is 0.242. The van der Waals surface area contributed by atoms with Crippen molar-refractivity contribution >= 4 is 33.3 Å². The van der Waals surface area contributed by atoms with E-state index in [4.69, 9.17) is 4.74 Å². The molecule has 0 aliphatic carbocycles. The molecule has 2 aromatic carbocycles. The van der Waals surface area contributed by atoms with E-state index in [1.165, 1.54) is 4.31 Å². The molecule has 1 amide bonds. The molecule has 7 nitrogen and oxygen atoms in total. The number of hydrogen-bond donors (Lipinski definition) is 1. The third kappa shape index (κ3) is 5.85. The van der Waals surface area contributed by atoms with Crippen LogP contribution in [0.1, 0.15) is 47.3 Å². The van der Waals surface area contributed by atoms with Gasteiger partial charge < -0.3 is 10.1 Å². The topological polar surface area (TPSA) is 92.8 Å². The van der Waals surface area contributed by atoms with Gasteiger partial charge in [-0.1, -0.05) is 25.1 Å². The van der Waals surface area contributed by atoms with Gasteiger partial charge in [-0.3, -0.25) is 9.10 Å². The maximum absolute atomic E-state index is 13.2. The molecule has 0 unspecified atom stereocenters. The summed E-state index contributed by atoms with van der Waals surface area (Å²) in [6, 6.07) is 9.41. The Labute approximate surface area is 184 Å². The first kappa shape index (κ1) is 24.4. The molecule has 0 aliphatic rings. The van der Waals surface area contributed by atoms with Crippen molar-refractivity contribution in [3.63, 3.8) is 0 Å². The van der Waals surface area contributed by atoms with E-state index in [9.17, 15) is 18.0 Å². The van der Waals surface area contributed by atoms with E-state index < -0.39 is 27.9 Å². The van der Waals surface area contributed by atoms with Gasteiger partial charge in [-0.05, 0) is 69.0 Å². The molecule has 0 heterocycles. The molecule has 8 heteroatoms. The smallest absolute Gasteiger partial charge is 0.338 e. The summed E-state index contributed by atoms with van der Waals surface area (Å²) in [6.45, 7) is 9.19. The second kappa shape index (κ2) is 9.96. The monoisotopic (exact) mass is 446 g/mol. The fraction of sp³-hybridized carbons (Fsp3) is 0.391. The molecule has 0 aromatic heterocycles. The summed E-state index contributed by atoms with van der Waals surface area (Å²) in [5, 5.41) is 2.80. The zero-order chi connectivity index (χ0) is 23.3. The molecule has 0 saturated carbocycles. The van der Waals surface area contributed by atoms with E-state index in [-0.39, 0.29) is 13.0 Å². The number of amides is 1. The lowest BCUT2D eigenvalue weighted by molar-refractivity contribution is -0.117. The molecular weight excluding hydrogens is 416 g/mol. The second-order valence-corrected chi connectivity index (χ2v) is 9.37. The van der Waals surface area contributed by atoms with Gasteiger partial charge >= 0.3 is 5.97 Å². The van der Waals surface area contributed by atoms with Crippen LogP contribution in [0, 0.1) is 20.8 Å². The number of esters is 1. The number of hydrogen-bond acceptors (Lipinski definition) is 5. The number of ether oxygens (including phenoxy) is 1. The molecule has 2 aromatic rings. The molecule has 1 atom stereocenters. The summed E-state index contributed by atoms with van der Waals surface area (Å²) in [5.74, 6) is -0.962. The number of aryl methyl sites for hydroxylation is 3. The zero-order valence-electron chi connectivity index (χ0n) is 18.9. The van der Waals surface area contributed by atoms with Crippen LogP contribution in [0.4, 0.5) is 11.4 Å². The predicted octanol–water partition coefficient (Wildman–Crippen LogP) is 3.97. The molecular formula is C23H30N2O5S. The fourth-order valence-corrected chi connectivity index (χ4v) is 4.57. The summed E-state index contributed by atoms with van der Waals surface area (Å²) >= 11 is 0. The Morgan fingerprint density at radius 2 is 1.68 bits per heavy atom. The lowest BCUT2D eigenvalue weighted by Gasteiger charge is -2.31. The van der Waals surface area contributed by atoms with Crippen LogP contribution >= 0.6 is 0 Å². The molecule has 2 rings (SSSR count). The van der Waals surface area contributed by atoms with Crippen molar-refractivity contribution in [3.8, 4) is 0 Å². The summed E-state index contributed by atoms with van der Waals surface area (Å²) in [4.78, 5) is 25.3. The number of anilines is 2. The number of nitrogens with one attached hydrogen (secondary N) is 1. The van der Waals surface area contributed by atoms with Gasteiger partial charge in [-0.15, -0.1) is 0 Å². The van der Waals surface area contributed by atoms with E-state index in [1.807, 2.05) is 26.0 Å². The maximum atomic E-state index is 13.2. The van der Waals surface area contributed by atoms with Gasteiger partial charge in [0.2, 0.25) is 15.9 Å². The number of rotatable bonds is 8.